The van der Waals surface area contributed by atoms with Crippen molar-refractivity contribution in [3.8, 4) is 28.7 Å². The molecule has 2 aromatic carbocycles. The molecule has 0 saturated carbocycles. The Bertz CT molecular complexity index is 1040. The van der Waals surface area contributed by atoms with E-state index in [-0.39, 0.29) is 17.3 Å². The monoisotopic (exact) mass is 473 g/mol. The number of ether oxygens (including phenoxy) is 6. The van der Waals surface area contributed by atoms with Crippen molar-refractivity contribution in [2.75, 3.05) is 61.9 Å². The van der Waals surface area contributed by atoms with E-state index in [2.05, 4.69) is 4.90 Å². The number of carbonyl (C=O) groups excluding carboxylic acids is 1. The highest BCUT2D eigenvalue weighted by Gasteiger charge is 2.32. The number of aromatic hydroxyl groups is 1. The van der Waals surface area contributed by atoms with Crippen LogP contribution in [0.15, 0.2) is 30.0 Å². The van der Waals surface area contributed by atoms with Gasteiger partial charge in [-0.2, -0.15) is 0 Å². The van der Waals surface area contributed by atoms with Gasteiger partial charge >= 0.3 is 0 Å². The number of hydrogen-bond acceptors (Lipinski definition) is 9. The van der Waals surface area contributed by atoms with Gasteiger partial charge in [-0.1, -0.05) is 0 Å². The Balaban J connectivity index is 1.97. The topological polar surface area (TPSA) is 95.9 Å². The van der Waals surface area contributed by atoms with E-state index in [0.29, 0.717) is 72.5 Å². The average Bonchev–Trinajstić information content (AvgIpc) is 3.16. The molecule has 3 rings (SSSR count). The SMILES string of the molecule is COCCN(CCOC)Cc1c(O)ccc2c1OC(=Cc1ccc(OC)c(OC)c1OC)C2=O. The molecule has 1 N–H and O–H groups in total. The molecule has 0 bridgehead atoms. The summed E-state index contributed by atoms with van der Waals surface area (Å²) in [5.74, 6) is 1.55. The first kappa shape index (κ1) is 25.4. The van der Waals surface area contributed by atoms with Gasteiger partial charge in [0.05, 0.1) is 45.7 Å². The number of rotatable bonds is 12. The number of hydrogen-bond donors (Lipinski definition) is 1. The lowest BCUT2D eigenvalue weighted by atomic mass is 10.0. The zero-order chi connectivity index (χ0) is 24.7. The van der Waals surface area contributed by atoms with E-state index in [1.165, 1.54) is 27.4 Å². The van der Waals surface area contributed by atoms with Gasteiger partial charge in [-0.25, -0.2) is 0 Å². The number of Topliss-reactive ketones (excluding diaryl/α,β-unsaturated/α-hetero) is 1. The van der Waals surface area contributed by atoms with Crippen molar-refractivity contribution < 1.29 is 38.3 Å². The highest BCUT2D eigenvalue weighted by Crippen LogP contribution is 2.43. The molecule has 0 atom stereocenters. The molecule has 0 radical (unpaired) electrons. The maximum atomic E-state index is 13.1. The standard InChI is InChI=1S/C25H31NO8/c1-29-12-10-26(11-13-30-2)15-18-19(27)8-7-17-22(28)21(34-24(17)18)14-16-6-9-20(31-3)25(33-5)23(16)32-4/h6-9,14,27H,10-13,15H2,1-5H3. The number of nitrogens with zero attached hydrogens (tertiary/aromatic N) is 1. The molecule has 1 aliphatic heterocycles. The van der Waals surface area contributed by atoms with Crippen molar-refractivity contribution in [3.05, 3.63) is 46.7 Å². The van der Waals surface area contributed by atoms with E-state index in [9.17, 15) is 9.90 Å². The third kappa shape index (κ3) is 5.27. The number of carbonyl (C=O) groups is 1. The second-order valence-electron chi connectivity index (χ2n) is 7.56. The van der Waals surface area contributed by atoms with Crippen molar-refractivity contribution in [3.63, 3.8) is 0 Å². The molecular formula is C25H31NO8. The smallest absolute Gasteiger partial charge is 0.231 e. The Morgan fingerprint density at radius 1 is 0.912 bits per heavy atom. The summed E-state index contributed by atoms with van der Waals surface area (Å²) in [6.07, 6.45) is 1.59. The normalized spacial score (nSPS) is 13.8. The van der Waals surface area contributed by atoms with Crippen LogP contribution < -0.4 is 18.9 Å². The van der Waals surface area contributed by atoms with Crippen LogP contribution >= 0.6 is 0 Å². The first-order chi connectivity index (χ1) is 16.5. The molecule has 0 unspecified atom stereocenters. The quantitative estimate of drug-likeness (QED) is 0.467. The van der Waals surface area contributed by atoms with Crippen LogP contribution in [0.5, 0.6) is 28.7 Å². The van der Waals surface area contributed by atoms with Crippen LogP contribution in [-0.4, -0.2) is 77.6 Å². The Kier molecular flexibility index (Phi) is 8.75. The number of fused-ring (bicyclic) bond motifs is 1. The minimum Gasteiger partial charge on any atom is -0.507 e. The fourth-order valence-corrected chi connectivity index (χ4v) is 3.76. The summed E-state index contributed by atoms with van der Waals surface area (Å²) < 4.78 is 32.7. The Labute approximate surface area is 199 Å². The van der Waals surface area contributed by atoms with Gasteiger partial charge in [0, 0.05) is 39.4 Å². The van der Waals surface area contributed by atoms with E-state index >= 15 is 0 Å². The number of allylic oxidation sites excluding steroid dienone is 1. The Hall–Kier alpha value is -3.27. The molecule has 34 heavy (non-hydrogen) atoms. The van der Waals surface area contributed by atoms with Gasteiger partial charge in [0.2, 0.25) is 11.5 Å². The molecule has 0 aliphatic carbocycles. The van der Waals surface area contributed by atoms with Crippen molar-refractivity contribution in [2.45, 2.75) is 6.54 Å². The maximum Gasteiger partial charge on any atom is 0.231 e. The van der Waals surface area contributed by atoms with Crippen molar-refractivity contribution >= 4 is 11.9 Å². The average molecular weight is 474 g/mol. The highest BCUT2D eigenvalue weighted by atomic mass is 16.5. The minimum absolute atomic E-state index is 0.0522. The summed E-state index contributed by atoms with van der Waals surface area (Å²) in [6.45, 7) is 2.65. The third-order valence-electron chi connectivity index (χ3n) is 5.54. The molecule has 184 valence electrons. The number of ketones is 1. The van der Waals surface area contributed by atoms with Gasteiger partial charge in [-0.05, 0) is 30.3 Å². The van der Waals surface area contributed by atoms with Gasteiger partial charge in [-0.15, -0.1) is 0 Å². The van der Waals surface area contributed by atoms with E-state index in [0.717, 1.165) is 0 Å². The molecule has 0 aromatic heterocycles. The van der Waals surface area contributed by atoms with Crippen LogP contribution in [0.4, 0.5) is 0 Å². The number of methoxy groups -OCH3 is 5. The van der Waals surface area contributed by atoms with Crippen LogP contribution in [0.3, 0.4) is 0 Å². The summed E-state index contributed by atoms with van der Waals surface area (Å²) in [4.78, 5) is 15.2. The second kappa shape index (κ2) is 11.7. The molecule has 9 heteroatoms. The molecule has 9 nitrogen and oxygen atoms in total. The van der Waals surface area contributed by atoms with Crippen molar-refractivity contribution in [1.82, 2.24) is 4.90 Å². The summed E-state index contributed by atoms with van der Waals surface area (Å²) in [5.41, 5.74) is 1.50. The molecule has 0 saturated heterocycles. The van der Waals surface area contributed by atoms with Gasteiger partial charge in [0.15, 0.2) is 17.3 Å². The second-order valence-corrected chi connectivity index (χ2v) is 7.56. The lowest BCUT2D eigenvalue weighted by Crippen LogP contribution is -2.30. The molecule has 2 aromatic rings. The summed E-state index contributed by atoms with van der Waals surface area (Å²) in [7, 11) is 7.82. The van der Waals surface area contributed by atoms with Crippen LogP contribution in [0.2, 0.25) is 0 Å². The molecular weight excluding hydrogens is 442 g/mol. The van der Waals surface area contributed by atoms with Crippen LogP contribution in [0.25, 0.3) is 6.08 Å². The number of phenols is 1. The maximum absolute atomic E-state index is 13.1. The van der Waals surface area contributed by atoms with Crippen molar-refractivity contribution in [1.29, 1.82) is 0 Å². The minimum atomic E-state index is -0.284. The molecule has 0 fully saturated rings. The third-order valence-corrected chi connectivity index (χ3v) is 5.54. The highest BCUT2D eigenvalue weighted by molar-refractivity contribution is 6.15. The Morgan fingerprint density at radius 3 is 2.18 bits per heavy atom. The van der Waals surface area contributed by atoms with Gasteiger partial charge in [0.1, 0.15) is 11.5 Å². The summed E-state index contributed by atoms with van der Waals surface area (Å²) in [5, 5.41) is 10.6. The molecule has 0 amide bonds. The van der Waals surface area contributed by atoms with Gasteiger partial charge in [-0.3, -0.25) is 9.69 Å². The first-order valence-electron chi connectivity index (χ1n) is 10.8. The number of benzene rings is 2. The lowest BCUT2D eigenvalue weighted by molar-refractivity contribution is 0.101. The van der Waals surface area contributed by atoms with E-state index in [4.69, 9.17) is 28.4 Å². The zero-order valence-electron chi connectivity index (χ0n) is 20.2. The van der Waals surface area contributed by atoms with E-state index in [1.807, 2.05) is 0 Å². The zero-order valence-corrected chi connectivity index (χ0v) is 20.2. The van der Waals surface area contributed by atoms with E-state index < -0.39 is 0 Å². The first-order valence-corrected chi connectivity index (χ1v) is 10.8. The molecule has 0 spiro atoms. The van der Waals surface area contributed by atoms with Crippen molar-refractivity contribution in [2.24, 2.45) is 0 Å². The molecule has 1 heterocycles. The predicted molar refractivity (Wildman–Crippen MR) is 126 cm³/mol. The fourth-order valence-electron chi connectivity index (χ4n) is 3.76. The largest absolute Gasteiger partial charge is 0.507 e. The molecule has 1 aliphatic rings. The van der Waals surface area contributed by atoms with E-state index in [1.54, 1.807) is 38.5 Å². The Morgan fingerprint density at radius 2 is 1.59 bits per heavy atom. The summed E-state index contributed by atoms with van der Waals surface area (Å²) >= 11 is 0. The van der Waals surface area contributed by atoms with Crippen LogP contribution in [0, 0.1) is 0 Å². The fraction of sp³-hybridized carbons (Fsp3) is 0.400. The number of phenolic OH excluding ortho intramolecular Hbond substituents is 1. The van der Waals surface area contributed by atoms with Crippen LogP contribution in [-0.2, 0) is 16.0 Å². The van der Waals surface area contributed by atoms with Gasteiger partial charge in [0.25, 0.3) is 0 Å². The van der Waals surface area contributed by atoms with Crippen LogP contribution in [0.1, 0.15) is 21.5 Å². The summed E-state index contributed by atoms with van der Waals surface area (Å²) in [6, 6.07) is 6.56. The predicted octanol–water partition coefficient (Wildman–Crippen LogP) is 3.13. The lowest BCUT2D eigenvalue weighted by Gasteiger charge is -2.23. The van der Waals surface area contributed by atoms with Gasteiger partial charge < -0.3 is 33.5 Å².